The van der Waals surface area contributed by atoms with Crippen LogP contribution in [0.4, 0.5) is 15.8 Å². The van der Waals surface area contributed by atoms with E-state index in [0.29, 0.717) is 31.0 Å². The van der Waals surface area contributed by atoms with Crippen LogP contribution < -0.4 is 5.32 Å². The van der Waals surface area contributed by atoms with Crippen LogP contribution >= 0.6 is 0 Å². The van der Waals surface area contributed by atoms with Gasteiger partial charge >= 0.3 is 0 Å². The van der Waals surface area contributed by atoms with Crippen LogP contribution in [0.3, 0.4) is 0 Å². The monoisotopic (exact) mass is 240 g/mol. The molecular formula is C11H13FN2O3. The normalized spacial score (nSPS) is 22.9. The smallest absolute Gasteiger partial charge is 0.295 e. The van der Waals surface area contributed by atoms with Crippen molar-refractivity contribution >= 4 is 11.4 Å². The first-order chi connectivity index (χ1) is 8.06. The number of benzene rings is 1. The van der Waals surface area contributed by atoms with E-state index in [9.17, 15) is 14.5 Å². The van der Waals surface area contributed by atoms with E-state index in [1.165, 1.54) is 12.1 Å². The first-order valence-corrected chi connectivity index (χ1v) is 5.42. The second-order valence-electron chi connectivity index (χ2n) is 4.29. The molecule has 0 aliphatic heterocycles. The molecule has 1 aliphatic rings. The Kier molecular flexibility index (Phi) is 3.23. The van der Waals surface area contributed by atoms with E-state index in [-0.39, 0.29) is 11.8 Å². The third-order valence-corrected chi connectivity index (χ3v) is 2.95. The Morgan fingerprint density at radius 2 is 2.24 bits per heavy atom. The summed E-state index contributed by atoms with van der Waals surface area (Å²) in [5.41, 5.74) is 0.0580. The quantitative estimate of drug-likeness (QED) is 0.622. The fraction of sp³-hybridized carbons (Fsp3) is 0.455. The maximum absolute atomic E-state index is 12.9. The van der Waals surface area contributed by atoms with Gasteiger partial charge in [-0.2, -0.15) is 0 Å². The number of hydrogen-bond donors (Lipinski definition) is 2. The molecule has 1 fully saturated rings. The number of nitro benzene ring substituents is 1. The molecule has 6 heteroatoms. The zero-order valence-corrected chi connectivity index (χ0v) is 9.10. The summed E-state index contributed by atoms with van der Waals surface area (Å²) >= 11 is 0. The van der Waals surface area contributed by atoms with Crippen molar-refractivity contribution in [1.82, 2.24) is 0 Å². The van der Waals surface area contributed by atoms with Gasteiger partial charge in [-0.05, 0) is 30.9 Å². The third-order valence-electron chi connectivity index (χ3n) is 2.95. The van der Waals surface area contributed by atoms with Crippen molar-refractivity contribution in [3.63, 3.8) is 0 Å². The predicted octanol–water partition coefficient (Wildman–Crippen LogP) is 1.92. The Morgan fingerprint density at radius 3 is 2.82 bits per heavy atom. The van der Waals surface area contributed by atoms with Crippen molar-refractivity contribution in [3.8, 4) is 0 Å². The van der Waals surface area contributed by atoms with Gasteiger partial charge in [0.2, 0.25) is 0 Å². The molecule has 0 atom stereocenters. The lowest BCUT2D eigenvalue weighted by atomic mass is 9.82. The molecule has 17 heavy (non-hydrogen) atoms. The molecule has 1 aromatic rings. The molecule has 0 aromatic heterocycles. The number of nitrogens with zero attached hydrogens (tertiary/aromatic N) is 1. The van der Waals surface area contributed by atoms with Crippen LogP contribution in [0.25, 0.3) is 0 Å². The Hall–Kier alpha value is -1.69. The predicted molar refractivity (Wildman–Crippen MR) is 60.3 cm³/mol. The average Bonchev–Trinajstić information content (AvgIpc) is 2.24. The van der Waals surface area contributed by atoms with Crippen molar-refractivity contribution in [2.45, 2.75) is 18.9 Å². The fourth-order valence-electron chi connectivity index (χ4n) is 1.93. The van der Waals surface area contributed by atoms with Crippen molar-refractivity contribution in [2.75, 3.05) is 11.9 Å². The number of aliphatic hydroxyl groups excluding tert-OH is 1. The van der Waals surface area contributed by atoms with Crippen LogP contribution in [0.1, 0.15) is 12.8 Å². The lowest BCUT2D eigenvalue weighted by Gasteiger charge is -2.31. The maximum Gasteiger partial charge on any atom is 0.295 e. The van der Waals surface area contributed by atoms with Crippen LogP contribution in [0.2, 0.25) is 0 Å². The van der Waals surface area contributed by atoms with E-state index in [1.54, 1.807) is 0 Å². The van der Waals surface area contributed by atoms with Crippen LogP contribution in [0.5, 0.6) is 0 Å². The number of nitrogens with one attached hydrogen (secondary N) is 1. The van der Waals surface area contributed by atoms with Gasteiger partial charge in [-0.15, -0.1) is 0 Å². The lowest BCUT2D eigenvalue weighted by Crippen LogP contribution is -2.33. The summed E-state index contributed by atoms with van der Waals surface area (Å²) in [6, 6.07) is 3.45. The van der Waals surface area contributed by atoms with Crippen LogP contribution in [-0.4, -0.2) is 22.7 Å². The molecular weight excluding hydrogens is 227 g/mol. The Morgan fingerprint density at radius 1 is 1.53 bits per heavy atom. The van der Waals surface area contributed by atoms with Crippen LogP contribution in [0, 0.1) is 21.8 Å². The van der Waals surface area contributed by atoms with Gasteiger partial charge in [-0.1, -0.05) is 0 Å². The van der Waals surface area contributed by atoms with Gasteiger partial charge in [-0.25, -0.2) is 4.39 Å². The highest BCUT2D eigenvalue weighted by molar-refractivity contribution is 5.61. The second kappa shape index (κ2) is 4.67. The summed E-state index contributed by atoms with van der Waals surface area (Å²) in [6.07, 6.45) is 1.18. The van der Waals surface area contributed by atoms with Gasteiger partial charge in [0.15, 0.2) is 0 Å². The highest BCUT2D eigenvalue weighted by Gasteiger charge is 2.27. The van der Waals surface area contributed by atoms with Gasteiger partial charge in [0.1, 0.15) is 11.5 Å². The summed E-state index contributed by atoms with van der Waals surface area (Å²) in [4.78, 5) is 10.1. The SMILES string of the molecule is O=[N+]([O-])c1cc(F)ccc1NCC1CC(O)C1. The maximum atomic E-state index is 12.9. The molecule has 5 nitrogen and oxygen atoms in total. The molecule has 1 aliphatic carbocycles. The van der Waals surface area contributed by atoms with Crippen LogP contribution in [-0.2, 0) is 0 Å². The molecule has 1 aromatic carbocycles. The minimum absolute atomic E-state index is 0.245. The van der Waals surface area contributed by atoms with Gasteiger partial charge in [-0.3, -0.25) is 10.1 Å². The topological polar surface area (TPSA) is 75.4 Å². The first-order valence-electron chi connectivity index (χ1n) is 5.42. The molecule has 92 valence electrons. The molecule has 0 amide bonds. The average molecular weight is 240 g/mol. The highest BCUT2D eigenvalue weighted by atomic mass is 19.1. The Labute approximate surface area is 97.4 Å². The molecule has 2 rings (SSSR count). The zero-order valence-electron chi connectivity index (χ0n) is 9.10. The van der Waals surface area contributed by atoms with Crippen molar-refractivity contribution < 1.29 is 14.4 Å². The van der Waals surface area contributed by atoms with Crippen LogP contribution in [0.15, 0.2) is 18.2 Å². The summed E-state index contributed by atoms with van der Waals surface area (Å²) < 4.78 is 12.9. The molecule has 2 N–H and O–H groups in total. The van der Waals surface area contributed by atoms with Gasteiger partial charge in [0.05, 0.1) is 17.1 Å². The standard InChI is InChI=1S/C11H13FN2O3/c12-8-1-2-10(11(5-8)14(16)17)13-6-7-3-9(15)4-7/h1-2,5,7,9,13,15H,3-4,6H2. The van der Waals surface area contributed by atoms with E-state index < -0.39 is 10.7 Å². The Balaban J connectivity index is 2.02. The summed E-state index contributed by atoms with van der Waals surface area (Å²) in [5, 5.41) is 22.7. The lowest BCUT2D eigenvalue weighted by molar-refractivity contribution is -0.384. The summed E-state index contributed by atoms with van der Waals surface area (Å²) in [6.45, 7) is 0.559. The Bertz CT molecular complexity index is 433. The van der Waals surface area contributed by atoms with E-state index >= 15 is 0 Å². The summed E-state index contributed by atoms with van der Waals surface area (Å²) in [5.74, 6) is -0.295. The number of hydrogen-bond acceptors (Lipinski definition) is 4. The molecule has 0 unspecified atom stereocenters. The zero-order chi connectivity index (χ0) is 12.4. The van der Waals surface area contributed by atoms with E-state index in [2.05, 4.69) is 5.32 Å². The van der Waals surface area contributed by atoms with Gasteiger partial charge < -0.3 is 10.4 Å². The highest BCUT2D eigenvalue weighted by Crippen LogP contribution is 2.30. The fourth-order valence-corrected chi connectivity index (χ4v) is 1.93. The molecule has 0 spiro atoms. The third kappa shape index (κ3) is 2.71. The molecule has 0 saturated heterocycles. The van der Waals surface area contributed by atoms with Gasteiger partial charge in [0.25, 0.3) is 5.69 Å². The number of rotatable bonds is 4. The minimum Gasteiger partial charge on any atom is -0.393 e. The second-order valence-corrected chi connectivity index (χ2v) is 4.29. The summed E-state index contributed by atoms with van der Waals surface area (Å²) in [7, 11) is 0. The number of anilines is 1. The molecule has 0 radical (unpaired) electrons. The number of aliphatic hydroxyl groups is 1. The minimum atomic E-state index is -0.624. The van der Waals surface area contributed by atoms with Crippen molar-refractivity contribution in [2.24, 2.45) is 5.92 Å². The molecule has 0 heterocycles. The molecule has 0 bridgehead atoms. The van der Waals surface area contributed by atoms with Gasteiger partial charge in [0, 0.05) is 6.54 Å². The largest absolute Gasteiger partial charge is 0.393 e. The van der Waals surface area contributed by atoms with Crippen molar-refractivity contribution in [3.05, 3.63) is 34.1 Å². The van der Waals surface area contributed by atoms with E-state index in [4.69, 9.17) is 5.11 Å². The number of halogens is 1. The van der Waals surface area contributed by atoms with E-state index in [1.807, 2.05) is 0 Å². The number of nitro groups is 1. The molecule has 1 saturated carbocycles. The first kappa shape index (κ1) is 11.8. The van der Waals surface area contributed by atoms with Crippen molar-refractivity contribution in [1.29, 1.82) is 0 Å². The van der Waals surface area contributed by atoms with E-state index in [0.717, 1.165) is 6.07 Å².